The molecule has 1 aromatic carbocycles. The highest BCUT2D eigenvalue weighted by molar-refractivity contribution is 7.15. The van der Waals surface area contributed by atoms with E-state index in [0.29, 0.717) is 11.7 Å². The Morgan fingerprint density at radius 2 is 2.16 bits per heavy atom. The van der Waals surface area contributed by atoms with Crippen molar-refractivity contribution < 1.29 is 4.79 Å². The summed E-state index contributed by atoms with van der Waals surface area (Å²) in [7, 11) is 2.03. The van der Waals surface area contributed by atoms with E-state index in [1.807, 2.05) is 32.2 Å². The molecule has 0 radical (unpaired) electrons. The Bertz CT molecular complexity index is 917. The third-order valence-corrected chi connectivity index (χ3v) is 5.35. The van der Waals surface area contributed by atoms with Gasteiger partial charge in [0.25, 0.3) is 0 Å². The monoisotopic (exact) mass is 356 g/mol. The molecule has 0 spiro atoms. The van der Waals surface area contributed by atoms with Crippen molar-refractivity contribution in [1.82, 2.24) is 19.7 Å². The number of hydrogen-bond donors (Lipinski definition) is 1. The van der Waals surface area contributed by atoms with E-state index in [9.17, 15) is 4.79 Å². The second-order valence-corrected chi connectivity index (χ2v) is 7.54. The van der Waals surface area contributed by atoms with E-state index in [2.05, 4.69) is 31.0 Å². The maximum absolute atomic E-state index is 12.6. The van der Waals surface area contributed by atoms with Crippen LogP contribution < -0.4 is 10.2 Å². The molecule has 3 heterocycles. The zero-order valence-electron chi connectivity index (χ0n) is 14.3. The van der Waals surface area contributed by atoms with Gasteiger partial charge in [0.2, 0.25) is 17.0 Å². The first kappa shape index (κ1) is 16.0. The van der Waals surface area contributed by atoms with Crippen LogP contribution in [0.15, 0.2) is 24.3 Å². The van der Waals surface area contributed by atoms with E-state index in [1.165, 1.54) is 11.3 Å². The van der Waals surface area contributed by atoms with Gasteiger partial charge in [-0.05, 0) is 31.9 Å². The SMILES string of the molecule is Cc1nnc(NC(=O)[C@H]2CCCN(c3nc4ccccc4n3C)C2)s1. The smallest absolute Gasteiger partial charge is 0.231 e. The number of carbonyl (C=O) groups excluding carboxylic acids is 1. The lowest BCUT2D eigenvalue weighted by atomic mass is 9.97. The predicted octanol–water partition coefficient (Wildman–Crippen LogP) is 2.59. The van der Waals surface area contributed by atoms with Gasteiger partial charge in [0.1, 0.15) is 5.01 Å². The van der Waals surface area contributed by atoms with Crippen molar-refractivity contribution in [3.63, 3.8) is 0 Å². The Morgan fingerprint density at radius 1 is 1.32 bits per heavy atom. The number of anilines is 2. The number of nitrogens with one attached hydrogen (secondary N) is 1. The molecule has 0 bridgehead atoms. The highest BCUT2D eigenvalue weighted by Crippen LogP contribution is 2.26. The van der Waals surface area contributed by atoms with Gasteiger partial charge in [0.15, 0.2) is 0 Å². The summed E-state index contributed by atoms with van der Waals surface area (Å²) >= 11 is 1.40. The molecule has 1 aliphatic heterocycles. The molecule has 0 saturated carbocycles. The first-order valence-corrected chi connectivity index (χ1v) is 9.21. The Hall–Kier alpha value is -2.48. The van der Waals surface area contributed by atoms with Gasteiger partial charge in [-0.2, -0.15) is 0 Å². The minimum absolute atomic E-state index is 0.0135. The van der Waals surface area contributed by atoms with E-state index in [1.54, 1.807) is 0 Å². The summed E-state index contributed by atoms with van der Waals surface area (Å²) in [5.74, 6) is 0.864. The molecule has 0 aliphatic carbocycles. The minimum Gasteiger partial charge on any atom is -0.341 e. The van der Waals surface area contributed by atoms with Crippen molar-refractivity contribution in [3.8, 4) is 0 Å². The van der Waals surface area contributed by atoms with Gasteiger partial charge in [-0.15, -0.1) is 10.2 Å². The fraction of sp³-hybridized carbons (Fsp3) is 0.412. The van der Waals surface area contributed by atoms with Gasteiger partial charge in [-0.25, -0.2) is 4.98 Å². The number of para-hydroxylation sites is 2. The largest absolute Gasteiger partial charge is 0.341 e. The van der Waals surface area contributed by atoms with Crippen LogP contribution in [-0.4, -0.2) is 38.7 Å². The van der Waals surface area contributed by atoms with E-state index in [-0.39, 0.29) is 11.8 Å². The van der Waals surface area contributed by atoms with Gasteiger partial charge >= 0.3 is 0 Å². The highest BCUT2D eigenvalue weighted by atomic mass is 32.1. The Morgan fingerprint density at radius 3 is 2.92 bits per heavy atom. The Labute approximate surface area is 149 Å². The molecule has 1 saturated heterocycles. The quantitative estimate of drug-likeness (QED) is 0.781. The van der Waals surface area contributed by atoms with Crippen LogP contribution in [0, 0.1) is 12.8 Å². The first-order valence-electron chi connectivity index (χ1n) is 8.39. The summed E-state index contributed by atoms with van der Waals surface area (Å²) in [6.45, 7) is 3.46. The second kappa shape index (κ2) is 6.44. The number of imidazole rings is 1. The Balaban J connectivity index is 1.52. The zero-order chi connectivity index (χ0) is 17.4. The average Bonchev–Trinajstić information content (AvgIpc) is 3.19. The van der Waals surface area contributed by atoms with Gasteiger partial charge in [-0.1, -0.05) is 23.5 Å². The van der Waals surface area contributed by atoms with E-state index in [4.69, 9.17) is 4.98 Å². The fourth-order valence-corrected chi connectivity index (χ4v) is 3.94. The van der Waals surface area contributed by atoms with Crippen LogP contribution in [0.4, 0.5) is 11.1 Å². The molecular weight excluding hydrogens is 336 g/mol. The van der Waals surface area contributed by atoms with Crippen molar-refractivity contribution in [2.75, 3.05) is 23.3 Å². The number of rotatable bonds is 3. The zero-order valence-corrected chi connectivity index (χ0v) is 15.1. The molecule has 8 heteroatoms. The van der Waals surface area contributed by atoms with Gasteiger partial charge in [0, 0.05) is 20.1 Å². The van der Waals surface area contributed by atoms with Crippen molar-refractivity contribution in [2.24, 2.45) is 13.0 Å². The number of amides is 1. The van der Waals surface area contributed by atoms with Gasteiger partial charge in [-0.3, -0.25) is 4.79 Å². The summed E-state index contributed by atoms with van der Waals surface area (Å²) in [6.07, 6.45) is 1.85. The van der Waals surface area contributed by atoms with Crippen LogP contribution in [0.5, 0.6) is 0 Å². The van der Waals surface area contributed by atoms with Crippen LogP contribution in [-0.2, 0) is 11.8 Å². The molecule has 7 nitrogen and oxygen atoms in total. The molecular formula is C17H20N6OS. The summed E-state index contributed by atoms with van der Waals surface area (Å²) < 4.78 is 2.10. The predicted molar refractivity (Wildman–Crippen MR) is 98.9 cm³/mol. The second-order valence-electron chi connectivity index (χ2n) is 6.36. The molecule has 130 valence electrons. The lowest BCUT2D eigenvalue weighted by Gasteiger charge is -2.32. The average molecular weight is 356 g/mol. The normalized spacial score (nSPS) is 17.8. The molecule has 3 aromatic rings. The highest BCUT2D eigenvalue weighted by Gasteiger charge is 2.28. The number of fused-ring (bicyclic) bond motifs is 1. The van der Waals surface area contributed by atoms with Crippen molar-refractivity contribution in [1.29, 1.82) is 0 Å². The Kier molecular flexibility index (Phi) is 4.12. The molecule has 1 aliphatic rings. The third-order valence-electron chi connectivity index (χ3n) is 4.59. The topological polar surface area (TPSA) is 75.9 Å². The molecule has 1 fully saturated rings. The molecule has 0 unspecified atom stereocenters. The van der Waals surface area contributed by atoms with Gasteiger partial charge < -0.3 is 14.8 Å². The van der Waals surface area contributed by atoms with Crippen LogP contribution in [0.2, 0.25) is 0 Å². The summed E-state index contributed by atoms with van der Waals surface area (Å²) in [5.41, 5.74) is 2.09. The maximum Gasteiger partial charge on any atom is 0.231 e. The van der Waals surface area contributed by atoms with Crippen molar-refractivity contribution in [2.45, 2.75) is 19.8 Å². The third kappa shape index (κ3) is 3.09. The molecule has 1 N–H and O–H groups in total. The fourth-order valence-electron chi connectivity index (χ4n) is 3.34. The number of aromatic nitrogens is 4. The van der Waals surface area contributed by atoms with Crippen LogP contribution in [0.3, 0.4) is 0 Å². The minimum atomic E-state index is -0.0715. The number of benzene rings is 1. The molecule has 4 rings (SSSR count). The number of aryl methyl sites for hydroxylation is 2. The summed E-state index contributed by atoms with van der Waals surface area (Å²) in [6, 6.07) is 8.10. The van der Waals surface area contributed by atoms with E-state index < -0.39 is 0 Å². The molecule has 2 aromatic heterocycles. The van der Waals surface area contributed by atoms with Crippen LogP contribution in [0.25, 0.3) is 11.0 Å². The van der Waals surface area contributed by atoms with Crippen molar-refractivity contribution >= 4 is 39.4 Å². The number of piperidine rings is 1. The molecule has 1 atom stereocenters. The lowest BCUT2D eigenvalue weighted by Crippen LogP contribution is -2.41. The summed E-state index contributed by atoms with van der Waals surface area (Å²) in [5, 5.41) is 12.2. The maximum atomic E-state index is 12.6. The molecule has 25 heavy (non-hydrogen) atoms. The molecule has 1 amide bonds. The van der Waals surface area contributed by atoms with Crippen LogP contribution in [0.1, 0.15) is 17.8 Å². The standard InChI is InChI=1S/C17H20N6OS/c1-11-20-21-16(25-11)19-15(24)12-6-5-9-23(10-12)17-18-13-7-3-4-8-14(13)22(17)2/h3-4,7-8,12H,5-6,9-10H2,1-2H3,(H,19,21,24)/t12-/m0/s1. The number of nitrogens with zero attached hydrogens (tertiary/aromatic N) is 5. The first-order chi connectivity index (χ1) is 12.1. The van der Waals surface area contributed by atoms with Gasteiger partial charge in [0.05, 0.1) is 17.0 Å². The van der Waals surface area contributed by atoms with E-state index in [0.717, 1.165) is 41.4 Å². The van der Waals surface area contributed by atoms with E-state index >= 15 is 0 Å². The van der Waals surface area contributed by atoms with Crippen molar-refractivity contribution in [3.05, 3.63) is 29.3 Å². The number of carbonyl (C=O) groups is 1. The summed E-state index contributed by atoms with van der Waals surface area (Å²) in [4.78, 5) is 19.5. The lowest BCUT2D eigenvalue weighted by molar-refractivity contribution is -0.120. The van der Waals surface area contributed by atoms with Crippen LogP contribution >= 0.6 is 11.3 Å². The number of hydrogen-bond acceptors (Lipinski definition) is 6.